The molecule has 140 valence electrons. The predicted molar refractivity (Wildman–Crippen MR) is 104 cm³/mol. The molecule has 0 fully saturated rings. The van der Waals surface area contributed by atoms with E-state index in [4.69, 9.17) is 5.73 Å². The van der Waals surface area contributed by atoms with Gasteiger partial charge in [0.05, 0.1) is 13.2 Å². The molecule has 27 heavy (non-hydrogen) atoms. The molecule has 7 nitrogen and oxygen atoms in total. The first-order valence-corrected chi connectivity index (χ1v) is 8.69. The number of nitrogens with two attached hydrogens (primary N) is 1. The number of anilines is 1. The average molecular weight is 365 g/mol. The highest BCUT2D eigenvalue weighted by molar-refractivity contribution is 5.95. The molecule has 1 aromatic carbocycles. The van der Waals surface area contributed by atoms with Crippen molar-refractivity contribution >= 4 is 11.7 Å². The third-order valence-corrected chi connectivity index (χ3v) is 4.44. The van der Waals surface area contributed by atoms with Crippen molar-refractivity contribution in [3.8, 4) is 11.1 Å². The second-order valence-corrected chi connectivity index (χ2v) is 6.35. The van der Waals surface area contributed by atoms with Gasteiger partial charge in [-0.25, -0.2) is 9.97 Å². The summed E-state index contributed by atoms with van der Waals surface area (Å²) in [5.41, 5.74) is 8.91. The summed E-state index contributed by atoms with van der Waals surface area (Å²) in [6, 6.07) is 11.0. The first-order chi connectivity index (χ1) is 13.0. The van der Waals surface area contributed by atoms with Crippen LogP contribution in [0.3, 0.4) is 0 Å². The molecule has 3 aromatic rings. The zero-order chi connectivity index (χ0) is 19.4. The summed E-state index contributed by atoms with van der Waals surface area (Å²) in [6.07, 6.45) is 3.52. The molecule has 2 aromatic heterocycles. The molecular formula is C20H23N5O2. The molecule has 2 heterocycles. The van der Waals surface area contributed by atoms with Crippen LogP contribution in [0.1, 0.15) is 21.9 Å². The van der Waals surface area contributed by atoms with Gasteiger partial charge in [-0.2, -0.15) is 0 Å². The Morgan fingerprint density at radius 2 is 2.11 bits per heavy atom. The monoisotopic (exact) mass is 365 g/mol. The smallest absolute Gasteiger partial charge is 0.254 e. The lowest BCUT2D eigenvalue weighted by Gasteiger charge is -2.22. The molecule has 7 heteroatoms. The third kappa shape index (κ3) is 4.15. The Morgan fingerprint density at radius 1 is 1.30 bits per heavy atom. The number of hydrogen-bond acceptors (Lipinski definition) is 5. The summed E-state index contributed by atoms with van der Waals surface area (Å²) in [7, 11) is 1.88. The number of aryl methyl sites for hydroxylation is 2. The zero-order valence-corrected chi connectivity index (χ0v) is 15.5. The number of nitrogen functional groups attached to an aromatic ring is 1. The summed E-state index contributed by atoms with van der Waals surface area (Å²) < 4.78 is 1.86. The summed E-state index contributed by atoms with van der Waals surface area (Å²) in [5.74, 6) is 1.06. The molecule has 0 aliphatic heterocycles. The van der Waals surface area contributed by atoms with Crippen LogP contribution in [0.2, 0.25) is 0 Å². The Morgan fingerprint density at radius 3 is 2.78 bits per heavy atom. The van der Waals surface area contributed by atoms with Crippen LogP contribution in [0.4, 0.5) is 5.82 Å². The van der Waals surface area contributed by atoms with Crippen molar-refractivity contribution in [3.05, 3.63) is 65.9 Å². The Balaban J connectivity index is 1.89. The van der Waals surface area contributed by atoms with Gasteiger partial charge in [0, 0.05) is 42.8 Å². The van der Waals surface area contributed by atoms with E-state index >= 15 is 0 Å². The molecular weight excluding hydrogens is 342 g/mol. The molecule has 0 bridgehead atoms. The SMILES string of the molecule is Cc1nc(N)ccc1-c1cccc(C(=O)N(CCO)Cc2nccn2C)c1. The number of amides is 1. The highest BCUT2D eigenvalue weighted by Gasteiger charge is 2.18. The molecule has 1 amide bonds. The van der Waals surface area contributed by atoms with Crippen LogP contribution in [0.15, 0.2) is 48.8 Å². The van der Waals surface area contributed by atoms with E-state index in [0.29, 0.717) is 17.9 Å². The summed E-state index contributed by atoms with van der Waals surface area (Å²) in [6.45, 7) is 2.34. The molecule has 0 aliphatic carbocycles. The average Bonchev–Trinajstić information content (AvgIpc) is 3.05. The topological polar surface area (TPSA) is 97.3 Å². The Kier molecular flexibility index (Phi) is 5.52. The Labute approximate surface area is 158 Å². The quantitative estimate of drug-likeness (QED) is 0.696. The molecule has 3 N–H and O–H groups in total. The maximum atomic E-state index is 13.0. The number of hydrogen-bond donors (Lipinski definition) is 2. The second kappa shape index (κ2) is 8.01. The van der Waals surface area contributed by atoms with E-state index in [-0.39, 0.29) is 19.1 Å². The molecule has 0 radical (unpaired) electrons. The van der Waals surface area contributed by atoms with Gasteiger partial charge in [0.25, 0.3) is 5.91 Å². The summed E-state index contributed by atoms with van der Waals surface area (Å²) in [5, 5.41) is 9.38. The van der Waals surface area contributed by atoms with Gasteiger partial charge in [0.1, 0.15) is 11.6 Å². The van der Waals surface area contributed by atoms with Crippen LogP contribution in [0.5, 0.6) is 0 Å². The van der Waals surface area contributed by atoms with E-state index in [1.54, 1.807) is 23.2 Å². The molecule has 0 aliphatic rings. The standard InChI is InChI=1S/C20H23N5O2/c1-14-17(6-7-18(21)23-14)15-4-3-5-16(12-15)20(27)25(10-11-26)13-19-22-8-9-24(19)2/h3-9,12,26H,10-11,13H2,1-2H3,(H2,21,23). The van der Waals surface area contributed by atoms with Crippen molar-refractivity contribution in [2.75, 3.05) is 18.9 Å². The number of pyridine rings is 1. The lowest BCUT2D eigenvalue weighted by Crippen LogP contribution is -2.34. The first-order valence-electron chi connectivity index (χ1n) is 8.69. The number of nitrogens with zero attached hydrogens (tertiary/aromatic N) is 4. The molecule has 0 spiro atoms. The highest BCUT2D eigenvalue weighted by atomic mass is 16.3. The van der Waals surface area contributed by atoms with Crippen LogP contribution in [-0.4, -0.2) is 43.6 Å². The minimum atomic E-state index is -0.157. The number of carbonyl (C=O) groups excluding carboxylic acids is 1. The van der Waals surface area contributed by atoms with Gasteiger partial charge >= 0.3 is 0 Å². The molecule has 0 unspecified atom stereocenters. The van der Waals surface area contributed by atoms with Crippen molar-refractivity contribution in [1.82, 2.24) is 19.4 Å². The summed E-state index contributed by atoms with van der Waals surface area (Å²) in [4.78, 5) is 23.2. The van der Waals surface area contributed by atoms with Crippen molar-refractivity contribution < 1.29 is 9.90 Å². The van der Waals surface area contributed by atoms with E-state index in [1.807, 2.05) is 49.0 Å². The number of aromatic nitrogens is 3. The second-order valence-electron chi connectivity index (χ2n) is 6.35. The molecule has 3 rings (SSSR count). The van der Waals surface area contributed by atoms with E-state index in [9.17, 15) is 9.90 Å². The van der Waals surface area contributed by atoms with Crippen molar-refractivity contribution in [3.63, 3.8) is 0 Å². The van der Waals surface area contributed by atoms with E-state index < -0.39 is 0 Å². The van der Waals surface area contributed by atoms with Crippen LogP contribution >= 0.6 is 0 Å². The number of rotatable bonds is 6. The van der Waals surface area contributed by atoms with Crippen molar-refractivity contribution in [1.29, 1.82) is 0 Å². The number of aliphatic hydroxyl groups excluding tert-OH is 1. The van der Waals surface area contributed by atoms with Crippen molar-refractivity contribution in [2.24, 2.45) is 7.05 Å². The lowest BCUT2D eigenvalue weighted by molar-refractivity contribution is 0.0701. The molecule has 0 saturated heterocycles. The van der Waals surface area contributed by atoms with Crippen molar-refractivity contribution in [2.45, 2.75) is 13.5 Å². The maximum absolute atomic E-state index is 13.0. The molecule has 0 atom stereocenters. The van der Waals surface area contributed by atoms with Gasteiger partial charge in [-0.1, -0.05) is 12.1 Å². The van der Waals surface area contributed by atoms with Gasteiger partial charge in [0.2, 0.25) is 0 Å². The minimum absolute atomic E-state index is 0.114. The fourth-order valence-corrected chi connectivity index (χ4v) is 2.98. The lowest BCUT2D eigenvalue weighted by atomic mass is 10.0. The van der Waals surface area contributed by atoms with Crippen LogP contribution in [0.25, 0.3) is 11.1 Å². The zero-order valence-electron chi connectivity index (χ0n) is 15.5. The summed E-state index contributed by atoms with van der Waals surface area (Å²) >= 11 is 0. The van der Waals surface area contributed by atoms with Crippen LogP contribution < -0.4 is 5.73 Å². The van der Waals surface area contributed by atoms with Gasteiger partial charge in [-0.05, 0) is 36.8 Å². The fraction of sp³-hybridized carbons (Fsp3) is 0.250. The van der Waals surface area contributed by atoms with E-state index in [0.717, 1.165) is 22.6 Å². The number of benzene rings is 1. The Bertz CT molecular complexity index is 951. The largest absolute Gasteiger partial charge is 0.395 e. The number of imidazole rings is 1. The predicted octanol–water partition coefficient (Wildman–Crippen LogP) is 2.01. The highest BCUT2D eigenvalue weighted by Crippen LogP contribution is 2.24. The van der Waals surface area contributed by atoms with Crippen LogP contribution in [0, 0.1) is 6.92 Å². The number of aliphatic hydroxyl groups is 1. The van der Waals surface area contributed by atoms with Gasteiger partial charge in [-0.15, -0.1) is 0 Å². The van der Waals surface area contributed by atoms with Gasteiger partial charge < -0.3 is 20.3 Å². The normalized spacial score (nSPS) is 10.8. The van der Waals surface area contributed by atoms with Crippen LogP contribution in [-0.2, 0) is 13.6 Å². The minimum Gasteiger partial charge on any atom is -0.395 e. The van der Waals surface area contributed by atoms with E-state index in [2.05, 4.69) is 9.97 Å². The molecule has 0 saturated carbocycles. The Hall–Kier alpha value is -3.19. The van der Waals surface area contributed by atoms with Gasteiger partial charge in [0.15, 0.2) is 0 Å². The third-order valence-electron chi connectivity index (χ3n) is 4.44. The fourth-order valence-electron chi connectivity index (χ4n) is 2.98. The maximum Gasteiger partial charge on any atom is 0.254 e. The van der Waals surface area contributed by atoms with E-state index in [1.165, 1.54) is 0 Å². The number of carbonyl (C=O) groups is 1. The van der Waals surface area contributed by atoms with Gasteiger partial charge in [-0.3, -0.25) is 4.79 Å². The first kappa shape index (κ1) is 18.6.